The van der Waals surface area contributed by atoms with Gasteiger partial charge in [0.25, 0.3) is 0 Å². The molecule has 2 aliphatic heterocycles. The first-order valence-electron chi connectivity index (χ1n) is 11.5. The van der Waals surface area contributed by atoms with Gasteiger partial charge in [0.1, 0.15) is 5.69 Å². The van der Waals surface area contributed by atoms with E-state index in [9.17, 15) is 0 Å². The number of aromatic nitrogens is 4. The van der Waals surface area contributed by atoms with Crippen LogP contribution in [0, 0.1) is 5.92 Å². The largest absolute Gasteiger partial charge is 0.381 e. The van der Waals surface area contributed by atoms with Crippen molar-refractivity contribution < 1.29 is 4.74 Å². The fourth-order valence-corrected chi connectivity index (χ4v) is 5.59. The Balaban J connectivity index is 0.000000329. The van der Waals surface area contributed by atoms with Crippen molar-refractivity contribution in [3.63, 3.8) is 0 Å². The van der Waals surface area contributed by atoms with Crippen molar-refractivity contribution in [1.82, 2.24) is 24.9 Å². The number of hydrogen-bond donors (Lipinski definition) is 1. The lowest BCUT2D eigenvalue weighted by molar-refractivity contribution is -0.0977. The molecular weight excluding hydrogens is 412 g/mol. The summed E-state index contributed by atoms with van der Waals surface area (Å²) in [5.41, 5.74) is 3.51. The minimum atomic E-state index is 0.307. The maximum Gasteiger partial charge on any atom is 0.103 e. The van der Waals surface area contributed by atoms with Gasteiger partial charge in [0, 0.05) is 44.8 Å². The lowest BCUT2D eigenvalue weighted by atomic mass is 9.50. The maximum absolute atomic E-state index is 6.57. The monoisotopic (exact) mass is 440 g/mol. The highest BCUT2D eigenvalue weighted by Gasteiger charge is 2.58. The first-order valence-corrected chi connectivity index (χ1v) is 11.9. The summed E-state index contributed by atoms with van der Waals surface area (Å²) >= 11 is 6.57. The SMILES string of the molecule is C1CCOC1.Clc1cc2cnn(-c3cnn(C45CC(C4)C5)c3)c2cc1N1CCNCC1. The van der Waals surface area contributed by atoms with E-state index in [0.29, 0.717) is 5.54 Å². The molecule has 3 saturated carbocycles. The maximum atomic E-state index is 6.57. The van der Waals surface area contributed by atoms with E-state index in [-0.39, 0.29) is 0 Å². The molecule has 164 valence electrons. The first-order chi connectivity index (χ1) is 15.2. The average molecular weight is 441 g/mol. The summed E-state index contributed by atoms with van der Waals surface area (Å²) in [5.74, 6) is 0.942. The number of nitrogens with one attached hydrogen (secondary N) is 1. The fraction of sp³-hybridized carbons (Fsp3) is 0.565. The standard InChI is InChI=1S/C19H21ClN6.C4H8O/c20-16-5-14-10-23-26(17(14)6-18(16)24-3-1-21-2-4-24)15-11-22-25(12-15)19-7-13(8-19)9-19;1-2-4-5-3-1/h5-6,10-13,21H,1-4,7-9H2;1-4H2. The molecule has 2 aromatic heterocycles. The second-order valence-corrected chi connectivity index (χ2v) is 9.73. The number of anilines is 1. The normalized spacial score (nSPS) is 26.9. The van der Waals surface area contributed by atoms with Gasteiger partial charge >= 0.3 is 0 Å². The molecule has 5 fully saturated rings. The van der Waals surface area contributed by atoms with Gasteiger partial charge in [0.05, 0.1) is 40.4 Å². The van der Waals surface area contributed by atoms with Gasteiger partial charge in [-0.25, -0.2) is 4.68 Å². The van der Waals surface area contributed by atoms with Crippen LogP contribution in [0.5, 0.6) is 0 Å². The molecule has 2 bridgehead atoms. The zero-order valence-electron chi connectivity index (χ0n) is 17.8. The molecule has 0 unspecified atom stereocenters. The number of rotatable bonds is 3. The van der Waals surface area contributed by atoms with E-state index >= 15 is 0 Å². The summed E-state index contributed by atoms with van der Waals surface area (Å²) in [7, 11) is 0. The molecule has 31 heavy (non-hydrogen) atoms. The summed E-state index contributed by atoms with van der Waals surface area (Å²) in [6.07, 6.45) is 12.4. The third-order valence-electron chi connectivity index (χ3n) is 7.23. The lowest BCUT2D eigenvalue weighted by Gasteiger charge is -2.61. The second kappa shape index (κ2) is 7.80. The Labute approximate surface area is 187 Å². The second-order valence-electron chi connectivity index (χ2n) is 9.32. The summed E-state index contributed by atoms with van der Waals surface area (Å²) in [6, 6.07) is 4.21. The average Bonchev–Trinajstić information content (AvgIpc) is 3.48. The molecule has 7 nitrogen and oxygen atoms in total. The van der Waals surface area contributed by atoms with Crippen LogP contribution in [0.25, 0.3) is 16.6 Å². The van der Waals surface area contributed by atoms with Crippen molar-refractivity contribution in [1.29, 1.82) is 0 Å². The van der Waals surface area contributed by atoms with E-state index in [1.807, 2.05) is 23.1 Å². The summed E-state index contributed by atoms with van der Waals surface area (Å²) in [5, 5.41) is 14.5. The van der Waals surface area contributed by atoms with Gasteiger partial charge in [-0.05, 0) is 50.2 Å². The third kappa shape index (κ3) is 3.43. The Morgan fingerprint density at radius 3 is 2.45 bits per heavy atom. The van der Waals surface area contributed by atoms with E-state index < -0.39 is 0 Å². The number of hydrogen-bond acceptors (Lipinski definition) is 5. The number of halogens is 1. The minimum Gasteiger partial charge on any atom is -0.381 e. The van der Waals surface area contributed by atoms with Crippen molar-refractivity contribution in [3.8, 4) is 5.69 Å². The van der Waals surface area contributed by atoms with Crippen LogP contribution >= 0.6 is 11.6 Å². The van der Waals surface area contributed by atoms with Crippen LogP contribution in [0.1, 0.15) is 32.1 Å². The van der Waals surface area contributed by atoms with Crippen LogP contribution in [0.3, 0.4) is 0 Å². The van der Waals surface area contributed by atoms with Crippen molar-refractivity contribution in [2.24, 2.45) is 5.92 Å². The smallest absolute Gasteiger partial charge is 0.103 e. The van der Waals surface area contributed by atoms with Crippen molar-refractivity contribution in [2.45, 2.75) is 37.6 Å². The van der Waals surface area contributed by atoms with Gasteiger partial charge in [0.15, 0.2) is 0 Å². The van der Waals surface area contributed by atoms with Crippen LogP contribution < -0.4 is 10.2 Å². The summed E-state index contributed by atoms with van der Waals surface area (Å²) in [6.45, 7) is 5.93. The lowest BCUT2D eigenvalue weighted by Crippen LogP contribution is -2.59. The van der Waals surface area contributed by atoms with Gasteiger partial charge in [0.2, 0.25) is 0 Å². The summed E-state index contributed by atoms with van der Waals surface area (Å²) < 4.78 is 9.11. The Bertz CT molecular complexity index is 1060. The Morgan fingerprint density at radius 1 is 1.03 bits per heavy atom. The van der Waals surface area contributed by atoms with E-state index in [1.54, 1.807) is 0 Å². The third-order valence-corrected chi connectivity index (χ3v) is 7.53. The Morgan fingerprint density at radius 2 is 1.81 bits per heavy atom. The predicted octanol–water partition coefficient (Wildman–Crippen LogP) is 3.59. The number of ether oxygens (including phenoxy) is 1. The fourth-order valence-electron chi connectivity index (χ4n) is 5.29. The van der Waals surface area contributed by atoms with E-state index in [0.717, 1.165) is 72.6 Å². The molecule has 1 aromatic carbocycles. The van der Waals surface area contributed by atoms with Crippen LogP contribution in [0.2, 0.25) is 5.02 Å². The van der Waals surface area contributed by atoms with Gasteiger partial charge in [-0.15, -0.1) is 0 Å². The molecule has 2 saturated heterocycles. The number of benzene rings is 1. The van der Waals surface area contributed by atoms with Gasteiger partial charge < -0.3 is 15.0 Å². The highest BCUT2D eigenvalue weighted by atomic mass is 35.5. The molecule has 3 aromatic rings. The van der Waals surface area contributed by atoms with Crippen molar-refractivity contribution in [3.05, 3.63) is 35.7 Å². The molecule has 3 aliphatic carbocycles. The van der Waals surface area contributed by atoms with Crippen LogP contribution in [0.15, 0.2) is 30.7 Å². The first kappa shape index (κ1) is 19.6. The van der Waals surface area contributed by atoms with Crippen molar-refractivity contribution >= 4 is 28.2 Å². The van der Waals surface area contributed by atoms with E-state index in [2.05, 4.69) is 37.4 Å². The Hall–Kier alpha value is -2.09. The van der Waals surface area contributed by atoms with Crippen LogP contribution in [-0.4, -0.2) is 59.0 Å². The zero-order valence-corrected chi connectivity index (χ0v) is 18.5. The minimum absolute atomic E-state index is 0.307. The molecule has 1 N–H and O–H groups in total. The zero-order chi connectivity index (χ0) is 20.8. The molecule has 5 aliphatic rings. The molecular formula is C23H29ClN6O. The molecule has 0 amide bonds. The number of fused-ring (bicyclic) bond motifs is 1. The highest BCUT2D eigenvalue weighted by Crippen LogP contribution is 2.62. The van der Waals surface area contributed by atoms with Crippen LogP contribution in [-0.2, 0) is 10.3 Å². The highest BCUT2D eigenvalue weighted by molar-refractivity contribution is 6.34. The molecule has 0 radical (unpaired) electrons. The molecule has 8 rings (SSSR count). The van der Waals surface area contributed by atoms with Gasteiger partial charge in [-0.3, -0.25) is 4.68 Å². The molecule has 0 atom stereocenters. The quantitative estimate of drug-likeness (QED) is 0.674. The molecule has 4 heterocycles. The van der Waals surface area contributed by atoms with E-state index in [4.69, 9.17) is 16.3 Å². The van der Waals surface area contributed by atoms with Crippen LogP contribution in [0.4, 0.5) is 5.69 Å². The summed E-state index contributed by atoms with van der Waals surface area (Å²) in [4.78, 5) is 2.35. The topological polar surface area (TPSA) is 60.1 Å². The van der Waals surface area contributed by atoms with Crippen molar-refractivity contribution in [2.75, 3.05) is 44.3 Å². The van der Waals surface area contributed by atoms with E-state index in [1.165, 1.54) is 32.1 Å². The number of nitrogens with zero attached hydrogens (tertiary/aromatic N) is 5. The van der Waals surface area contributed by atoms with Gasteiger partial charge in [-0.1, -0.05) is 11.6 Å². The Kier molecular flexibility index (Phi) is 4.93. The molecule has 8 heteroatoms. The predicted molar refractivity (Wildman–Crippen MR) is 122 cm³/mol. The van der Waals surface area contributed by atoms with Gasteiger partial charge in [-0.2, -0.15) is 10.2 Å². The molecule has 0 spiro atoms. The number of piperazine rings is 1.